The summed E-state index contributed by atoms with van der Waals surface area (Å²) in [5.41, 5.74) is 0.224. The number of aromatic nitrogens is 2. The van der Waals surface area contributed by atoms with E-state index in [2.05, 4.69) is 9.97 Å². The van der Waals surface area contributed by atoms with E-state index >= 15 is 0 Å². The minimum atomic E-state index is -4.37. The first kappa shape index (κ1) is 13.3. The number of pyridine rings is 1. The van der Waals surface area contributed by atoms with E-state index in [0.717, 1.165) is 16.8 Å². The highest BCUT2D eigenvalue weighted by Gasteiger charge is 2.30. The van der Waals surface area contributed by atoms with Crippen molar-refractivity contribution in [2.45, 2.75) is 6.18 Å². The number of thiazole rings is 1. The minimum Gasteiger partial charge on any atom is -0.242 e. The number of nitrogens with zero attached hydrogens (tertiary/aromatic N) is 2. The molecule has 3 rings (SSSR count). The number of benzene rings is 1. The molecule has 0 aliphatic carbocycles. The molecule has 0 unspecified atom stereocenters. The van der Waals surface area contributed by atoms with Crippen LogP contribution in [0.25, 0.3) is 20.8 Å². The predicted molar refractivity (Wildman–Crippen MR) is 72.9 cm³/mol. The lowest BCUT2D eigenvalue weighted by Gasteiger charge is -2.07. The molecule has 0 bridgehead atoms. The van der Waals surface area contributed by atoms with E-state index in [0.29, 0.717) is 16.1 Å². The third-order valence-corrected chi connectivity index (χ3v) is 4.05. The number of hydrogen-bond acceptors (Lipinski definition) is 3. The van der Waals surface area contributed by atoms with Crippen LogP contribution in [0.15, 0.2) is 36.5 Å². The van der Waals surface area contributed by atoms with Gasteiger partial charge in [0.1, 0.15) is 10.5 Å². The molecule has 102 valence electrons. The topological polar surface area (TPSA) is 25.8 Å². The number of fused-ring (bicyclic) bond motifs is 1. The molecule has 0 aliphatic rings. The summed E-state index contributed by atoms with van der Waals surface area (Å²) >= 11 is 7.20. The van der Waals surface area contributed by atoms with Gasteiger partial charge in [-0.15, -0.1) is 11.3 Å². The van der Waals surface area contributed by atoms with Crippen LogP contribution in [0.3, 0.4) is 0 Å². The fraction of sp³-hybridized carbons (Fsp3) is 0.0769. The van der Waals surface area contributed by atoms with Crippen LogP contribution in [-0.4, -0.2) is 9.97 Å². The smallest absolute Gasteiger partial charge is 0.242 e. The van der Waals surface area contributed by atoms with Crippen molar-refractivity contribution in [1.82, 2.24) is 9.97 Å². The third-order valence-electron chi connectivity index (χ3n) is 2.70. The largest absolute Gasteiger partial charge is 0.416 e. The first-order valence-corrected chi connectivity index (χ1v) is 6.73. The molecule has 0 fully saturated rings. The molecule has 1 aromatic carbocycles. The molecular formula is C13H6ClF3N2S. The zero-order chi connectivity index (χ0) is 14.3. The van der Waals surface area contributed by atoms with Gasteiger partial charge in [-0.25, -0.2) is 9.97 Å². The second-order valence-corrected chi connectivity index (χ2v) is 5.43. The first-order chi connectivity index (χ1) is 9.45. The van der Waals surface area contributed by atoms with Crippen molar-refractivity contribution in [1.29, 1.82) is 0 Å². The maximum Gasteiger partial charge on any atom is 0.416 e. The van der Waals surface area contributed by atoms with E-state index in [-0.39, 0.29) is 5.15 Å². The van der Waals surface area contributed by atoms with E-state index in [4.69, 9.17) is 11.6 Å². The lowest BCUT2D eigenvalue weighted by Crippen LogP contribution is -2.04. The molecule has 20 heavy (non-hydrogen) atoms. The number of alkyl halides is 3. The Morgan fingerprint density at radius 3 is 2.65 bits per heavy atom. The Hall–Kier alpha value is -1.66. The zero-order valence-electron chi connectivity index (χ0n) is 9.78. The average Bonchev–Trinajstić information content (AvgIpc) is 2.83. The van der Waals surface area contributed by atoms with E-state index < -0.39 is 11.7 Å². The standard InChI is InChI=1S/C13H6ClF3N2S/c14-11-10-9(4-5-18-11)20-12(19-10)7-2-1-3-8(6-7)13(15,16)17/h1-6H. The third kappa shape index (κ3) is 2.36. The van der Waals surface area contributed by atoms with Crippen LogP contribution in [-0.2, 0) is 6.18 Å². The second kappa shape index (κ2) is 4.71. The van der Waals surface area contributed by atoms with Gasteiger partial charge in [-0.2, -0.15) is 13.2 Å². The fourth-order valence-electron chi connectivity index (χ4n) is 1.78. The molecular weight excluding hydrogens is 309 g/mol. The van der Waals surface area contributed by atoms with E-state index in [1.807, 2.05) is 0 Å². The quantitative estimate of drug-likeness (QED) is 0.589. The van der Waals surface area contributed by atoms with Crippen molar-refractivity contribution < 1.29 is 13.2 Å². The molecule has 0 N–H and O–H groups in total. The van der Waals surface area contributed by atoms with Crippen LogP contribution in [0.2, 0.25) is 5.15 Å². The number of halogens is 4. The number of rotatable bonds is 1. The Kier molecular flexibility index (Phi) is 3.14. The van der Waals surface area contributed by atoms with Gasteiger partial charge in [0, 0.05) is 11.8 Å². The Bertz CT molecular complexity index is 783. The van der Waals surface area contributed by atoms with Crippen LogP contribution < -0.4 is 0 Å². The van der Waals surface area contributed by atoms with Crippen molar-refractivity contribution in [3.63, 3.8) is 0 Å². The fourth-order valence-corrected chi connectivity index (χ4v) is 2.99. The summed E-state index contributed by atoms with van der Waals surface area (Å²) in [6, 6.07) is 6.80. The van der Waals surface area contributed by atoms with Crippen LogP contribution >= 0.6 is 22.9 Å². The van der Waals surface area contributed by atoms with Crippen LogP contribution in [0.1, 0.15) is 5.56 Å². The van der Waals surface area contributed by atoms with Gasteiger partial charge < -0.3 is 0 Å². The van der Waals surface area contributed by atoms with Crippen molar-refractivity contribution in [3.05, 3.63) is 47.2 Å². The van der Waals surface area contributed by atoms with Gasteiger partial charge in [0.15, 0.2) is 5.15 Å². The summed E-state index contributed by atoms with van der Waals surface area (Å²) in [5, 5.41) is 0.734. The molecule has 0 radical (unpaired) electrons. The molecule has 2 aromatic heterocycles. The van der Waals surface area contributed by atoms with Crippen molar-refractivity contribution >= 4 is 33.2 Å². The van der Waals surface area contributed by atoms with Crippen molar-refractivity contribution in [2.24, 2.45) is 0 Å². The normalized spacial score (nSPS) is 12.0. The van der Waals surface area contributed by atoms with Gasteiger partial charge >= 0.3 is 6.18 Å². The van der Waals surface area contributed by atoms with Crippen molar-refractivity contribution in [2.75, 3.05) is 0 Å². The maximum atomic E-state index is 12.7. The van der Waals surface area contributed by atoms with Crippen LogP contribution in [0, 0.1) is 0 Å². The van der Waals surface area contributed by atoms with Gasteiger partial charge in [0.2, 0.25) is 0 Å². The Morgan fingerprint density at radius 1 is 1.15 bits per heavy atom. The molecule has 0 saturated carbocycles. The summed E-state index contributed by atoms with van der Waals surface area (Å²) in [5.74, 6) is 0. The van der Waals surface area contributed by atoms with E-state index in [9.17, 15) is 13.2 Å². The molecule has 3 aromatic rings. The van der Waals surface area contributed by atoms with Gasteiger partial charge in [-0.3, -0.25) is 0 Å². The molecule has 0 saturated heterocycles. The number of hydrogen-bond donors (Lipinski definition) is 0. The summed E-state index contributed by atoms with van der Waals surface area (Å²) in [4.78, 5) is 8.16. The SMILES string of the molecule is FC(F)(F)c1cccc(-c2nc3c(Cl)nccc3s2)c1. The van der Waals surface area contributed by atoms with Gasteiger partial charge in [-0.05, 0) is 18.2 Å². The summed E-state index contributed by atoms with van der Waals surface area (Å²) in [6.07, 6.45) is -2.83. The minimum absolute atomic E-state index is 0.247. The highest BCUT2D eigenvalue weighted by atomic mass is 35.5. The molecule has 2 heterocycles. The molecule has 0 aliphatic heterocycles. The predicted octanol–water partition coefficient (Wildman–Crippen LogP) is 5.03. The summed E-state index contributed by atoms with van der Waals surface area (Å²) < 4.78 is 38.9. The first-order valence-electron chi connectivity index (χ1n) is 5.54. The van der Waals surface area contributed by atoms with Crippen LogP contribution in [0.4, 0.5) is 13.2 Å². The Morgan fingerprint density at radius 2 is 1.95 bits per heavy atom. The maximum absolute atomic E-state index is 12.7. The van der Waals surface area contributed by atoms with E-state index in [1.165, 1.54) is 17.4 Å². The second-order valence-electron chi connectivity index (χ2n) is 4.05. The molecule has 0 amide bonds. The summed E-state index contributed by atoms with van der Waals surface area (Å²) in [6.45, 7) is 0. The Balaban J connectivity index is 2.14. The lowest BCUT2D eigenvalue weighted by atomic mass is 10.1. The van der Waals surface area contributed by atoms with Crippen molar-refractivity contribution in [3.8, 4) is 10.6 Å². The average molecular weight is 315 g/mol. The van der Waals surface area contributed by atoms with Gasteiger partial charge in [0.05, 0.1) is 10.3 Å². The Labute approximate surface area is 120 Å². The molecule has 0 spiro atoms. The van der Waals surface area contributed by atoms with E-state index in [1.54, 1.807) is 18.3 Å². The molecule has 7 heteroatoms. The zero-order valence-corrected chi connectivity index (χ0v) is 11.4. The molecule has 0 atom stereocenters. The van der Waals surface area contributed by atoms with Crippen LogP contribution in [0.5, 0.6) is 0 Å². The van der Waals surface area contributed by atoms with Gasteiger partial charge in [-0.1, -0.05) is 23.7 Å². The monoisotopic (exact) mass is 314 g/mol. The summed E-state index contributed by atoms with van der Waals surface area (Å²) in [7, 11) is 0. The highest BCUT2D eigenvalue weighted by Crippen LogP contribution is 2.35. The molecule has 2 nitrogen and oxygen atoms in total. The van der Waals surface area contributed by atoms with Gasteiger partial charge in [0.25, 0.3) is 0 Å². The highest BCUT2D eigenvalue weighted by molar-refractivity contribution is 7.21. The lowest BCUT2D eigenvalue weighted by molar-refractivity contribution is -0.137.